The van der Waals surface area contributed by atoms with Gasteiger partial charge in [0, 0.05) is 16.1 Å². The largest absolute Gasteiger partial charge is 0.252 e. The lowest BCUT2D eigenvalue weighted by molar-refractivity contribution is 0.313. The van der Waals surface area contributed by atoms with Crippen LogP contribution in [0.3, 0.4) is 0 Å². The van der Waals surface area contributed by atoms with Crippen LogP contribution >= 0.6 is 23.2 Å². The summed E-state index contributed by atoms with van der Waals surface area (Å²) in [7, 11) is 0. The molecule has 1 aliphatic carbocycles. The molecule has 0 spiro atoms. The maximum absolute atomic E-state index is 6.56. The highest BCUT2D eigenvalue weighted by Crippen LogP contribution is 2.40. The number of benzene rings is 1. The zero-order valence-corrected chi connectivity index (χ0v) is 12.1. The van der Waals surface area contributed by atoms with E-state index in [2.05, 4.69) is 13.8 Å². The summed E-state index contributed by atoms with van der Waals surface area (Å²) in [4.78, 5) is 4.74. The molecule has 0 atom stereocenters. The average molecular weight is 280 g/mol. The number of hydrogen-bond donors (Lipinski definition) is 0. The van der Waals surface area contributed by atoms with Crippen molar-refractivity contribution in [1.82, 2.24) is 4.98 Å². The fourth-order valence-electron chi connectivity index (χ4n) is 2.69. The van der Waals surface area contributed by atoms with Crippen LogP contribution in [0.25, 0.3) is 10.9 Å². The van der Waals surface area contributed by atoms with Gasteiger partial charge >= 0.3 is 0 Å². The van der Waals surface area contributed by atoms with E-state index in [4.69, 9.17) is 28.2 Å². The predicted molar refractivity (Wildman–Crippen MR) is 77.6 cm³/mol. The van der Waals surface area contributed by atoms with Crippen molar-refractivity contribution in [3.05, 3.63) is 39.5 Å². The molecular weight excluding hydrogens is 265 g/mol. The van der Waals surface area contributed by atoms with Gasteiger partial charge in [0.2, 0.25) is 0 Å². The molecule has 1 aromatic heterocycles. The lowest BCUT2D eigenvalue weighted by atomic mass is 9.76. The summed E-state index contributed by atoms with van der Waals surface area (Å²) in [5.74, 6) is 0. The molecule has 2 aromatic rings. The van der Waals surface area contributed by atoms with E-state index < -0.39 is 0 Å². The Morgan fingerprint density at radius 1 is 1.22 bits per heavy atom. The van der Waals surface area contributed by atoms with E-state index in [1.807, 2.05) is 18.2 Å². The molecule has 1 heterocycles. The lowest BCUT2D eigenvalue weighted by Gasteiger charge is -2.31. The van der Waals surface area contributed by atoms with Crippen LogP contribution in [-0.2, 0) is 12.8 Å². The van der Waals surface area contributed by atoms with Crippen LogP contribution in [0.2, 0.25) is 10.0 Å². The minimum atomic E-state index is 0.310. The van der Waals surface area contributed by atoms with Crippen molar-refractivity contribution in [1.29, 1.82) is 0 Å². The molecule has 0 amide bonds. The number of pyridine rings is 1. The number of halogens is 2. The molecule has 0 bridgehead atoms. The highest BCUT2D eigenvalue weighted by atomic mass is 35.5. The van der Waals surface area contributed by atoms with Gasteiger partial charge in [0.1, 0.15) is 0 Å². The van der Waals surface area contributed by atoms with Gasteiger partial charge in [-0.3, -0.25) is 4.98 Å². The predicted octanol–water partition coefficient (Wildman–Crippen LogP) is 5.06. The maximum atomic E-state index is 6.56. The standard InChI is InChI=1S/C15H15Cl2N/c1-15(2)6-5-13-11(8-15)14(17)10-7-9(16)3-4-12(10)18-13/h3-4,7H,5-6,8H2,1-2H3. The van der Waals surface area contributed by atoms with E-state index in [0.717, 1.165) is 34.5 Å². The molecule has 18 heavy (non-hydrogen) atoms. The van der Waals surface area contributed by atoms with Crippen LogP contribution in [0.15, 0.2) is 18.2 Å². The number of aryl methyl sites for hydroxylation is 1. The van der Waals surface area contributed by atoms with Gasteiger partial charge in [-0.1, -0.05) is 37.0 Å². The molecule has 0 saturated carbocycles. The van der Waals surface area contributed by atoms with Gasteiger partial charge < -0.3 is 0 Å². The molecule has 0 unspecified atom stereocenters. The Kier molecular flexibility index (Phi) is 2.80. The van der Waals surface area contributed by atoms with Crippen molar-refractivity contribution >= 4 is 34.1 Å². The van der Waals surface area contributed by atoms with Crippen LogP contribution in [0.5, 0.6) is 0 Å². The molecule has 0 saturated heterocycles. The van der Waals surface area contributed by atoms with Crippen molar-refractivity contribution in [2.75, 3.05) is 0 Å². The minimum Gasteiger partial charge on any atom is -0.252 e. The van der Waals surface area contributed by atoms with Gasteiger partial charge in [-0.05, 0) is 48.4 Å². The molecular formula is C15H15Cl2N. The summed E-state index contributed by atoms with van der Waals surface area (Å²) < 4.78 is 0. The van der Waals surface area contributed by atoms with Crippen LogP contribution < -0.4 is 0 Å². The highest BCUT2D eigenvalue weighted by Gasteiger charge is 2.28. The van der Waals surface area contributed by atoms with Gasteiger partial charge in [0.15, 0.2) is 0 Å². The topological polar surface area (TPSA) is 12.9 Å². The molecule has 94 valence electrons. The fraction of sp³-hybridized carbons (Fsp3) is 0.400. The monoisotopic (exact) mass is 279 g/mol. The molecule has 1 aliphatic rings. The number of hydrogen-bond acceptors (Lipinski definition) is 1. The first kappa shape index (κ1) is 12.3. The molecule has 3 heteroatoms. The van der Waals surface area contributed by atoms with Crippen LogP contribution in [0, 0.1) is 5.41 Å². The fourth-order valence-corrected chi connectivity index (χ4v) is 3.19. The Morgan fingerprint density at radius 3 is 2.78 bits per heavy atom. The molecule has 1 aromatic carbocycles. The third kappa shape index (κ3) is 2.00. The second-order valence-corrected chi connectivity index (χ2v) is 6.67. The number of rotatable bonds is 0. The first-order valence-corrected chi connectivity index (χ1v) is 6.98. The quantitative estimate of drug-likeness (QED) is 0.657. The third-order valence-electron chi connectivity index (χ3n) is 3.76. The van der Waals surface area contributed by atoms with Crippen LogP contribution in [0.4, 0.5) is 0 Å². The zero-order chi connectivity index (χ0) is 12.9. The Labute approximate surface area is 117 Å². The van der Waals surface area contributed by atoms with Crippen molar-refractivity contribution in [3.8, 4) is 0 Å². The van der Waals surface area contributed by atoms with Gasteiger partial charge in [0.05, 0.1) is 10.5 Å². The third-order valence-corrected chi connectivity index (χ3v) is 4.42. The first-order chi connectivity index (χ1) is 8.46. The van der Waals surface area contributed by atoms with E-state index in [-0.39, 0.29) is 0 Å². The molecule has 0 radical (unpaired) electrons. The van der Waals surface area contributed by atoms with E-state index in [9.17, 15) is 0 Å². The second-order valence-electron chi connectivity index (χ2n) is 5.85. The lowest BCUT2D eigenvalue weighted by Crippen LogP contribution is -2.23. The smallest absolute Gasteiger partial charge is 0.0721 e. The Morgan fingerprint density at radius 2 is 2.00 bits per heavy atom. The van der Waals surface area contributed by atoms with Gasteiger partial charge in [-0.15, -0.1) is 0 Å². The summed E-state index contributed by atoms with van der Waals surface area (Å²) >= 11 is 12.6. The average Bonchev–Trinajstić information content (AvgIpc) is 2.31. The molecule has 0 fully saturated rings. The van der Waals surface area contributed by atoms with Gasteiger partial charge in [0.25, 0.3) is 0 Å². The molecule has 1 nitrogen and oxygen atoms in total. The normalized spacial score (nSPS) is 17.8. The van der Waals surface area contributed by atoms with Crippen LogP contribution in [0.1, 0.15) is 31.5 Å². The van der Waals surface area contributed by atoms with E-state index >= 15 is 0 Å². The summed E-state index contributed by atoms with van der Waals surface area (Å²) in [6, 6.07) is 5.73. The molecule has 0 N–H and O–H groups in total. The van der Waals surface area contributed by atoms with Crippen LogP contribution in [-0.4, -0.2) is 4.98 Å². The Bertz CT molecular complexity index is 632. The van der Waals surface area contributed by atoms with Crippen molar-refractivity contribution < 1.29 is 0 Å². The Hall–Kier alpha value is -0.790. The zero-order valence-electron chi connectivity index (χ0n) is 10.6. The van der Waals surface area contributed by atoms with Crippen molar-refractivity contribution in [2.45, 2.75) is 33.1 Å². The maximum Gasteiger partial charge on any atom is 0.0721 e. The minimum absolute atomic E-state index is 0.310. The van der Waals surface area contributed by atoms with Crippen molar-refractivity contribution in [2.24, 2.45) is 5.41 Å². The number of nitrogens with zero attached hydrogens (tertiary/aromatic N) is 1. The molecule has 0 aliphatic heterocycles. The van der Waals surface area contributed by atoms with E-state index in [1.165, 1.54) is 12.0 Å². The van der Waals surface area contributed by atoms with E-state index in [0.29, 0.717) is 10.4 Å². The van der Waals surface area contributed by atoms with Crippen molar-refractivity contribution in [3.63, 3.8) is 0 Å². The van der Waals surface area contributed by atoms with Gasteiger partial charge in [-0.25, -0.2) is 0 Å². The van der Waals surface area contributed by atoms with Gasteiger partial charge in [-0.2, -0.15) is 0 Å². The number of fused-ring (bicyclic) bond motifs is 2. The summed E-state index contributed by atoms with van der Waals surface area (Å²) in [5.41, 5.74) is 3.63. The second kappa shape index (κ2) is 4.11. The first-order valence-electron chi connectivity index (χ1n) is 6.23. The highest BCUT2D eigenvalue weighted by molar-refractivity contribution is 6.37. The summed E-state index contributed by atoms with van der Waals surface area (Å²) in [6.45, 7) is 4.57. The Balaban J connectivity index is 2.27. The summed E-state index contributed by atoms with van der Waals surface area (Å²) in [6.07, 6.45) is 3.18. The SMILES string of the molecule is CC1(C)CCc2nc3ccc(Cl)cc3c(Cl)c2C1. The number of aromatic nitrogens is 1. The van der Waals surface area contributed by atoms with E-state index in [1.54, 1.807) is 0 Å². The molecule has 3 rings (SSSR count). The summed E-state index contributed by atoms with van der Waals surface area (Å²) in [5, 5.41) is 2.52.